The van der Waals surface area contributed by atoms with Crippen molar-refractivity contribution in [2.45, 2.75) is 6.92 Å². The molecule has 1 aromatic rings. The summed E-state index contributed by atoms with van der Waals surface area (Å²) in [4.78, 5) is 14.8. The Morgan fingerprint density at radius 1 is 1.62 bits per heavy atom. The van der Waals surface area contributed by atoms with E-state index < -0.39 is 0 Å². The van der Waals surface area contributed by atoms with Crippen LogP contribution in [0.15, 0.2) is 23.4 Å². The van der Waals surface area contributed by atoms with Crippen molar-refractivity contribution in [2.75, 3.05) is 5.32 Å². The molecule has 4 N–H and O–H groups in total. The standard InChI is InChI=1S/C9H11N5OS/c1-6(15)13-8-3-2-7(11-4-8)5-12-14-9(10)16/h2-5H,1H3,(H,13,15)(H3,10,14,16)/b12-5+. The first-order valence-electron chi connectivity index (χ1n) is 4.40. The smallest absolute Gasteiger partial charge is 0.221 e. The van der Waals surface area contributed by atoms with Gasteiger partial charge in [-0.25, -0.2) is 0 Å². The van der Waals surface area contributed by atoms with Crippen molar-refractivity contribution in [2.24, 2.45) is 10.8 Å². The average Bonchev–Trinajstić information content (AvgIpc) is 2.19. The molecule has 1 rings (SSSR count). The van der Waals surface area contributed by atoms with Crippen LogP contribution in [0, 0.1) is 0 Å². The maximum absolute atomic E-state index is 10.7. The minimum absolute atomic E-state index is 0.0890. The van der Waals surface area contributed by atoms with Gasteiger partial charge in [0.2, 0.25) is 5.91 Å². The number of hydrazone groups is 1. The summed E-state index contributed by atoms with van der Waals surface area (Å²) >= 11 is 4.56. The van der Waals surface area contributed by atoms with E-state index in [1.807, 2.05) is 0 Å². The van der Waals surface area contributed by atoms with E-state index in [1.54, 1.807) is 12.1 Å². The van der Waals surface area contributed by atoms with Gasteiger partial charge in [-0.05, 0) is 24.4 Å². The minimum atomic E-state index is -0.140. The summed E-state index contributed by atoms with van der Waals surface area (Å²) in [6.45, 7) is 1.43. The van der Waals surface area contributed by atoms with Gasteiger partial charge >= 0.3 is 0 Å². The number of aromatic nitrogens is 1. The number of carbonyl (C=O) groups excluding carboxylic acids is 1. The van der Waals surface area contributed by atoms with Crippen LogP contribution >= 0.6 is 12.2 Å². The zero-order chi connectivity index (χ0) is 12.0. The SMILES string of the molecule is CC(=O)Nc1ccc(/C=N/NC(N)=S)nc1. The Labute approximate surface area is 97.9 Å². The van der Waals surface area contributed by atoms with Gasteiger partial charge in [0, 0.05) is 6.92 Å². The van der Waals surface area contributed by atoms with E-state index in [4.69, 9.17) is 5.73 Å². The third-order valence-corrected chi connectivity index (χ3v) is 1.57. The van der Waals surface area contributed by atoms with E-state index in [1.165, 1.54) is 19.3 Å². The Balaban J connectivity index is 2.60. The van der Waals surface area contributed by atoms with E-state index in [0.717, 1.165) is 0 Å². The molecule has 7 heteroatoms. The van der Waals surface area contributed by atoms with Crippen LogP contribution in [0.1, 0.15) is 12.6 Å². The van der Waals surface area contributed by atoms with E-state index >= 15 is 0 Å². The van der Waals surface area contributed by atoms with Crippen LogP contribution in [0.2, 0.25) is 0 Å². The van der Waals surface area contributed by atoms with E-state index in [2.05, 4.69) is 33.0 Å². The third-order valence-electron chi connectivity index (χ3n) is 1.48. The highest BCUT2D eigenvalue weighted by Gasteiger charge is 1.95. The second-order valence-electron chi connectivity index (χ2n) is 2.89. The summed E-state index contributed by atoms with van der Waals surface area (Å²) in [6.07, 6.45) is 3.00. The molecule has 0 bridgehead atoms. The van der Waals surface area contributed by atoms with Gasteiger partial charge in [0.15, 0.2) is 5.11 Å². The first-order valence-corrected chi connectivity index (χ1v) is 4.81. The van der Waals surface area contributed by atoms with Crippen LogP contribution in [0.4, 0.5) is 5.69 Å². The highest BCUT2D eigenvalue weighted by molar-refractivity contribution is 7.80. The van der Waals surface area contributed by atoms with Crippen molar-refractivity contribution in [3.8, 4) is 0 Å². The lowest BCUT2D eigenvalue weighted by Gasteiger charge is -2.00. The lowest BCUT2D eigenvalue weighted by Crippen LogP contribution is -2.24. The highest BCUT2D eigenvalue weighted by Crippen LogP contribution is 2.04. The topological polar surface area (TPSA) is 92.4 Å². The number of nitrogens with zero attached hydrogens (tertiary/aromatic N) is 2. The molecule has 0 saturated heterocycles. The van der Waals surface area contributed by atoms with Crippen molar-refractivity contribution in [1.29, 1.82) is 0 Å². The molecular formula is C9H11N5OS. The average molecular weight is 237 g/mol. The Kier molecular flexibility index (Phi) is 4.34. The quantitative estimate of drug-likeness (QED) is 0.397. The summed E-state index contributed by atoms with van der Waals surface area (Å²) in [7, 11) is 0. The predicted octanol–water partition coefficient (Wildman–Crippen LogP) is 0.207. The van der Waals surface area contributed by atoms with Gasteiger partial charge in [-0.2, -0.15) is 5.10 Å². The number of nitrogens with two attached hydrogens (primary N) is 1. The summed E-state index contributed by atoms with van der Waals surface area (Å²) in [5.41, 5.74) is 8.84. The van der Waals surface area contributed by atoms with E-state index in [-0.39, 0.29) is 11.0 Å². The Hall–Kier alpha value is -2.02. The number of nitrogens with one attached hydrogen (secondary N) is 2. The van der Waals surface area contributed by atoms with E-state index in [9.17, 15) is 4.79 Å². The second-order valence-corrected chi connectivity index (χ2v) is 3.33. The van der Waals surface area contributed by atoms with Gasteiger partial charge in [0.05, 0.1) is 23.8 Å². The number of pyridine rings is 1. The first kappa shape index (κ1) is 12.1. The number of thiocarbonyl (C=S) groups is 1. The van der Waals surface area contributed by atoms with Gasteiger partial charge < -0.3 is 11.1 Å². The molecule has 0 saturated carbocycles. The van der Waals surface area contributed by atoms with Crippen molar-refractivity contribution < 1.29 is 4.79 Å². The normalized spacial score (nSPS) is 10.1. The Bertz CT molecular complexity index is 414. The molecule has 0 spiro atoms. The monoisotopic (exact) mass is 237 g/mol. The molecule has 0 aliphatic rings. The van der Waals surface area contributed by atoms with Crippen LogP contribution in [0.5, 0.6) is 0 Å². The minimum Gasteiger partial charge on any atom is -0.375 e. The van der Waals surface area contributed by atoms with Crippen LogP contribution in [0.3, 0.4) is 0 Å². The summed E-state index contributed by atoms with van der Waals surface area (Å²) in [5, 5.41) is 6.43. The number of hydrogen-bond acceptors (Lipinski definition) is 4. The summed E-state index contributed by atoms with van der Waals surface area (Å²) < 4.78 is 0. The largest absolute Gasteiger partial charge is 0.375 e. The molecule has 6 nitrogen and oxygen atoms in total. The molecule has 0 radical (unpaired) electrons. The molecule has 0 aliphatic carbocycles. The molecule has 0 aliphatic heterocycles. The van der Waals surface area contributed by atoms with Gasteiger partial charge in [0.25, 0.3) is 0 Å². The number of rotatable bonds is 3. The first-order chi connectivity index (χ1) is 7.58. The Morgan fingerprint density at radius 3 is 2.88 bits per heavy atom. The molecule has 16 heavy (non-hydrogen) atoms. The summed E-state index contributed by atoms with van der Waals surface area (Å²) in [6, 6.07) is 3.42. The highest BCUT2D eigenvalue weighted by atomic mass is 32.1. The third kappa shape index (κ3) is 4.47. The lowest BCUT2D eigenvalue weighted by atomic mass is 10.3. The molecule has 0 atom stereocenters. The number of amides is 1. The molecule has 0 unspecified atom stereocenters. The van der Waals surface area contributed by atoms with Crippen molar-refractivity contribution >= 4 is 35.1 Å². The lowest BCUT2D eigenvalue weighted by molar-refractivity contribution is -0.114. The van der Waals surface area contributed by atoms with Crippen molar-refractivity contribution in [1.82, 2.24) is 10.4 Å². The van der Waals surface area contributed by atoms with Crippen molar-refractivity contribution in [3.05, 3.63) is 24.0 Å². The maximum atomic E-state index is 10.7. The fraction of sp³-hybridized carbons (Fsp3) is 0.111. The van der Waals surface area contributed by atoms with Gasteiger partial charge in [-0.15, -0.1) is 0 Å². The second kappa shape index (κ2) is 5.76. The van der Waals surface area contributed by atoms with Crippen LogP contribution in [0.25, 0.3) is 0 Å². The molecule has 1 heterocycles. The Morgan fingerprint density at radius 2 is 2.38 bits per heavy atom. The number of hydrogen-bond donors (Lipinski definition) is 3. The zero-order valence-corrected chi connectivity index (χ0v) is 9.41. The van der Waals surface area contributed by atoms with Gasteiger partial charge in [-0.3, -0.25) is 15.2 Å². The van der Waals surface area contributed by atoms with Gasteiger partial charge in [-0.1, -0.05) is 0 Å². The van der Waals surface area contributed by atoms with Gasteiger partial charge in [0.1, 0.15) is 0 Å². The predicted molar refractivity (Wildman–Crippen MR) is 66.1 cm³/mol. The maximum Gasteiger partial charge on any atom is 0.221 e. The fourth-order valence-electron chi connectivity index (χ4n) is 0.921. The summed E-state index contributed by atoms with van der Waals surface area (Å²) in [5.74, 6) is -0.140. The molecule has 0 fully saturated rings. The van der Waals surface area contributed by atoms with Crippen LogP contribution in [-0.4, -0.2) is 22.2 Å². The van der Waals surface area contributed by atoms with Crippen LogP contribution < -0.4 is 16.5 Å². The van der Waals surface area contributed by atoms with E-state index in [0.29, 0.717) is 11.4 Å². The number of anilines is 1. The molecule has 1 amide bonds. The molecule has 84 valence electrons. The number of carbonyl (C=O) groups is 1. The molecule has 1 aromatic heterocycles. The van der Waals surface area contributed by atoms with Crippen LogP contribution in [-0.2, 0) is 4.79 Å². The molecule has 0 aromatic carbocycles. The van der Waals surface area contributed by atoms with Crippen molar-refractivity contribution in [3.63, 3.8) is 0 Å². The zero-order valence-electron chi connectivity index (χ0n) is 8.60. The molecular weight excluding hydrogens is 226 g/mol. The fourth-order valence-corrected chi connectivity index (χ4v) is 0.974.